The smallest absolute Gasteiger partial charge is 0.408 e. The van der Waals surface area contributed by atoms with E-state index in [9.17, 15) is 9.59 Å². The summed E-state index contributed by atoms with van der Waals surface area (Å²) in [4.78, 5) is 29.7. The number of hydrogen-bond acceptors (Lipinski definition) is 7. The molecule has 0 saturated carbocycles. The number of aromatic nitrogens is 1. The maximum absolute atomic E-state index is 13.0. The summed E-state index contributed by atoms with van der Waals surface area (Å²) in [6, 6.07) is 17.6. The van der Waals surface area contributed by atoms with Crippen molar-refractivity contribution in [2.24, 2.45) is 0 Å². The summed E-state index contributed by atoms with van der Waals surface area (Å²) in [5, 5.41) is 16.5. The van der Waals surface area contributed by atoms with E-state index in [2.05, 4.69) is 21.7 Å². The van der Waals surface area contributed by atoms with Crippen molar-refractivity contribution in [2.45, 2.75) is 39.0 Å². The zero-order valence-electron chi connectivity index (χ0n) is 19.2. The van der Waals surface area contributed by atoms with Crippen LogP contribution in [0.2, 0.25) is 0 Å². The van der Waals surface area contributed by atoms with Gasteiger partial charge < -0.3 is 20.1 Å². The van der Waals surface area contributed by atoms with Gasteiger partial charge in [-0.1, -0.05) is 42.5 Å². The predicted octanol–water partition coefficient (Wildman–Crippen LogP) is 4.73. The van der Waals surface area contributed by atoms with Crippen molar-refractivity contribution in [1.29, 1.82) is 5.26 Å². The molecule has 0 aliphatic rings. The highest BCUT2D eigenvalue weighted by molar-refractivity contribution is 7.14. The van der Waals surface area contributed by atoms with E-state index in [1.54, 1.807) is 45.0 Å². The standard InChI is InChI=1S/C25H26N4O4S/c1-25(2,3)33-24(31)28-20(15-32-14-18-11-9-17(13-26)10-12-18)22(30)29-23-27-21(16-34-23)19-7-5-4-6-8-19/h4-12,16,20H,14-15H2,1-3H3,(H,28,31)(H,27,29,30)/t20-/m0/s1. The normalized spacial score (nSPS) is 11.8. The quantitative estimate of drug-likeness (QED) is 0.484. The molecule has 0 saturated heterocycles. The minimum atomic E-state index is -1.00. The van der Waals surface area contributed by atoms with Gasteiger partial charge in [0.15, 0.2) is 5.13 Å². The van der Waals surface area contributed by atoms with E-state index in [-0.39, 0.29) is 13.2 Å². The monoisotopic (exact) mass is 478 g/mol. The first-order valence-electron chi connectivity index (χ1n) is 10.6. The molecule has 2 amide bonds. The predicted molar refractivity (Wildman–Crippen MR) is 130 cm³/mol. The molecule has 34 heavy (non-hydrogen) atoms. The molecule has 1 heterocycles. The van der Waals surface area contributed by atoms with E-state index in [4.69, 9.17) is 14.7 Å². The SMILES string of the molecule is CC(C)(C)OC(=O)N[C@@H](COCc1ccc(C#N)cc1)C(=O)Nc1nc(-c2ccccc2)cs1. The van der Waals surface area contributed by atoms with Gasteiger partial charge >= 0.3 is 6.09 Å². The van der Waals surface area contributed by atoms with Gasteiger partial charge in [0.05, 0.1) is 30.5 Å². The van der Waals surface area contributed by atoms with Crippen molar-refractivity contribution < 1.29 is 19.1 Å². The lowest BCUT2D eigenvalue weighted by atomic mass is 10.1. The van der Waals surface area contributed by atoms with E-state index in [1.807, 2.05) is 35.7 Å². The molecule has 0 radical (unpaired) electrons. The molecule has 1 atom stereocenters. The topological polar surface area (TPSA) is 113 Å². The number of nitriles is 1. The Hall–Kier alpha value is -3.74. The summed E-state index contributed by atoms with van der Waals surface area (Å²) in [7, 11) is 0. The Morgan fingerprint density at radius 2 is 1.82 bits per heavy atom. The zero-order valence-corrected chi connectivity index (χ0v) is 20.0. The number of nitrogens with zero attached hydrogens (tertiary/aromatic N) is 2. The summed E-state index contributed by atoms with van der Waals surface area (Å²) in [6.45, 7) is 5.35. The van der Waals surface area contributed by atoms with Crippen molar-refractivity contribution in [3.8, 4) is 17.3 Å². The molecule has 3 rings (SSSR count). The van der Waals surface area contributed by atoms with Crippen molar-refractivity contribution in [3.05, 3.63) is 71.1 Å². The van der Waals surface area contributed by atoms with Crippen LogP contribution in [0.25, 0.3) is 11.3 Å². The number of rotatable bonds is 8. The first-order chi connectivity index (χ1) is 16.2. The first kappa shape index (κ1) is 24.9. The van der Waals surface area contributed by atoms with Gasteiger partial charge in [-0.05, 0) is 38.5 Å². The molecule has 3 aromatic rings. The van der Waals surface area contributed by atoms with Gasteiger partial charge in [-0.25, -0.2) is 9.78 Å². The second-order valence-electron chi connectivity index (χ2n) is 8.42. The van der Waals surface area contributed by atoms with E-state index in [0.717, 1.165) is 16.8 Å². The molecule has 0 spiro atoms. The number of anilines is 1. The van der Waals surface area contributed by atoms with Crippen LogP contribution in [0.3, 0.4) is 0 Å². The Labute approximate surface area is 202 Å². The molecular formula is C25H26N4O4S. The number of thiazole rings is 1. The molecule has 176 valence electrons. The van der Waals surface area contributed by atoms with Crippen LogP contribution in [-0.4, -0.2) is 35.2 Å². The average molecular weight is 479 g/mol. The highest BCUT2D eigenvalue weighted by atomic mass is 32.1. The summed E-state index contributed by atoms with van der Waals surface area (Å²) < 4.78 is 11.0. The third-order valence-electron chi connectivity index (χ3n) is 4.45. The Bertz CT molecular complexity index is 1150. The number of carbonyl (C=O) groups excluding carboxylic acids is 2. The fourth-order valence-corrected chi connectivity index (χ4v) is 3.59. The van der Waals surface area contributed by atoms with Crippen LogP contribution < -0.4 is 10.6 Å². The second-order valence-corrected chi connectivity index (χ2v) is 9.27. The minimum absolute atomic E-state index is 0.0814. The Kier molecular flexibility index (Phi) is 8.35. The first-order valence-corrected chi connectivity index (χ1v) is 11.5. The molecule has 9 heteroatoms. The van der Waals surface area contributed by atoms with Crippen molar-refractivity contribution >= 4 is 28.5 Å². The fourth-order valence-electron chi connectivity index (χ4n) is 2.87. The van der Waals surface area contributed by atoms with Gasteiger partial charge in [0, 0.05) is 10.9 Å². The third kappa shape index (κ3) is 7.69. The Morgan fingerprint density at radius 1 is 1.12 bits per heavy atom. The number of alkyl carbamates (subject to hydrolysis) is 1. The minimum Gasteiger partial charge on any atom is -0.444 e. The van der Waals surface area contributed by atoms with Crippen LogP contribution in [0.1, 0.15) is 31.9 Å². The summed E-state index contributed by atoms with van der Waals surface area (Å²) >= 11 is 1.29. The summed E-state index contributed by atoms with van der Waals surface area (Å²) in [5.41, 5.74) is 2.35. The number of hydrogen-bond donors (Lipinski definition) is 2. The van der Waals surface area contributed by atoms with Gasteiger partial charge in [0.25, 0.3) is 5.91 Å². The third-order valence-corrected chi connectivity index (χ3v) is 5.21. The van der Waals surface area contributed by atoms with E-state index < -0.39 is 23.6 Å². The largest absolute Gasteiger partial charge is 0.444 e. The maximum Gasteiger partial charge on any atom is 0.408 e. The van der Waals surface area contributed by atoms with Crippen LogP contribution in [0.15, 0.2) is 60.0 Å². The molecule has 8 nitrogen and oxygen atoms in total. The number of benzene rings is 2. The van der Waals surface area contributed by atoms with Gasteiger partial charge in [-0.3, -0.25) is 4.79 Å². The van der Waals surface area contributed by atoms with Crippen LogP contribution >= 0.6 is 11.3 Å². The van der Waals surface area contributed by atoms with Crippen molar-refractivity contribution in [2.75, 3.05) is 11.9 Å². The molecule has 1 aromatic heterocycles. The Morgan fingerprint density at radius 3 is 2.47 bits per heavy atom. The van der Waals surface area contributed by atoms with Crippen LogP contribution in [0.4, 0.5) is 9.93 Å². The van der Waals surface area contributed by atoms with Gasteiger partial charge in [-0.15, -0.1) is 11.3 Å². The van der Waals surface area contributed by atoms with Gasteiger partial charge in [-0.2, -0.15) is 5.26 Å². The molecule has 0 aliphatic heterocycles. The van der Waals surface area contributed by atoms with Crippen molar-refractivity contribution in [3.63, 3.8) is 0 Å². The molecular weight excluding hydrogens is 452 g/mol. The number of nitrogens with one attached hydrogen (secondary N) is 2. The molecule has 0 bridgehead atoms. The van der Waals surface area contributed by atoms with E-state index in [1.165, 1.54) is 11.3 Å². The van der Waals surface area contributed by atoms with Gasteiger partial charge in [0.1, 0.15) is 11.6 Å². The van der Waals surface area contributed by atoms with Gasteiger partial charge in [0.2, 0.25) is 0 Å². The number of carbonyl (C=O) groups is 2. The lowest BCUT2D eigenvalue weighted by molar-refractivity contribution is -0.119. The molecule has 0 unspecified atom stereocenters. The molecule has 0 fully saturated rings. The molecule has 0 aliphatic carbocycles. The maximum atomic E-state index is 13.0. The van der Waals surface area contributed by atoms with Crippen LogP contribution in [0, 0.1) is 11.3 Å². The second kappa shape index (κ2) is 11.4. The lowest BCUT2D eigenvalue weighted by Crippen LogP contribution is -2.48. The van der Waals surface area contributed by atoms with E-state index in [0.29, 0.717) is 10.7 Å². The molecule has 2 N–H and O–H groups in total. The Balaban J connectivity index is 1.65. The lowest BCUT2D eigenvalue weighted by Gasteiger charge is -2.23. The fraction of sp³-hybridized carbons (Fsp3) is 0.280. The summed E-state index contributed by atoms with van der Waals surface area (Å²) in [6.07, 6.45) is -0.723. The highest BCUT2D eigenvalue weighted by Gasteiger charge is 2.25. The number of amides is 2. The van der Waals surface area contributed by atoms with Crippen LogP contribution in [-0.2, 0) is 20.9 Å². The summed E-state index contributed by atoms with van der Waals surface area (Å²) in [5.74, 6) is -0.473. The molecule has 2 aromatic carbocycles. The highest BCUT2D eigenvalue weighted by Crippen LogP contribution is 2.24. The van der Waals surface area contributed by atoms with Crippen LogP contribution in [0.5, 0.6) is 0 Å². The van der Waals surface area contributed by atoms with Crippen molar-refractivity contribution in [1.82, 2.24) is 10.3 Å². The average Bonchev–Trinajstić information content (AvgIpc) is 3.26. The zero-order chi connectivity index (χ0) is 24.6. The number of ether oxygens (including phenoxy) is 2. The van der Waals surface area contributed by atoms with E-state index >= 15 is 0 Å².